The van der Waals surface area contributed by atoms with Crippen molar-refractivity contribution in [2.24, 2.45) is 0 Å². The molecule has 0 radical (unpaired) electrons. The first-order chi connectivity index (χ1) is 18.3. The van der Waals surface area contributed by atoms with Gasteiger partial charge < -0.3 is 10.6 Å². The Hall–Kier alpha value is -4.46. The standard InChI is InChI=1S/C30H32N4O4/c1-4-21(3)32-27(35)19-33-26-8-6-5-7-25(26)29(37)34(30(33)38)18-23-13-15-24(16-14-23)28(36)31-17-22-11-9-20(2)10-12-22/h5-16,21H,4,17-19H2,1-3H3,(H,31,36)(H,32,35)/t21-/m1/s1. The van der Waals surface area contributed by atoms with Crippen LogP contribution in [0.1, 0.15) is 47.3 Å². The van der Waals surface area contributed by atoms with Crippen LogP contribution in [-0.2, 0) is 24.4 Å². The number of benzene rings is 3. The molecule has 0 bridgehead atoms. The molecule has 1 atom stereocenters. The fraction of sp³-hybridized carbons (Fsp3) is 0.267. The lowest BCUT2D eigenvalue weighted by Crippen LogP contribution is -2.43. The normalized spacial score (nSPS) is 11.8. The summed E-state index contributed by atoms with van der Waals surface area (Å²) >= 11 is 0. The molecule has 0 spiro atoms. The van der Waals surface area contributed by atoms with Gasteiger partial charge in [-0.05, 0) is 55.7 Å². The highest BCUT2D eigenvalue weighted by molar-refractivity contribution is 5.94. The summed E-state index contributed by atoms with van der Waals surface area (Å²) in [6, 6.07) is 21.5. The highest BCUT2D eigenvalue weighted by Gasteiger charge is 2.16. The van der Waals surface area contributed by atoms with E-state index in [1.54, 1.807) is 48.5 Å². The number of para-hydroxylation sites is 1. The third-order valence-corrected chi connectivity index (χ3v) is 6.58. The maximum atomic E-state index is 13.4. The predicted octanol–water partition coefficient (Wildman–Crippen LogP) is 3.36. The number of fused-ring (bicyclic) bond motifs is 1. The van der Waals surface area contributed by atoms with E-state index >= 15 is 0 Å². The summed E-state index contributed by atoms with van der Waals surface area (Å²) in [7, 11) is 0. The topological polar surface area (TPSA) is 102 Å². The molecule has 2 amide bonds. The van der Waals surface area contributed by atoms with Crippen molar-refractivity contribution in [2.75, 3.05) is 0 Å². The maximum Gasteiger partial charge on any atom is 0.332 e. The van der Waals surface area contributed by atoms with Crippen molar-refractivity contribution in [3.8, 4) is 0 Å². The molecule has 0 aliphatic rings. The predicted molar refractivity (Wildman–Crippen MR) is 148 cm³/mol. The van der Waals surface area contributed by atoms with Crippen LogP contribution in [0.3, 0.4) is 0 Å². The van der Waals surface area contributed by atoms with E-state index < -0.39 is 11.2 Å². The third-order valence-electron chi connectivity index (χ3n) is 6.58. The molecule has 0 aliphatic heterocycles. The Labute approximate surface area is 220 Å². The average molecular weight is 513 g/mol. The number of hydrogen-bond donors (Lipinski definition) is 2. The van der Waals surface area contributed by atoms with Gasteiger partial charge in [0.2, 0.25) is 5.91 Å². The van der Waals surface area contributed by atoms with E-state index in [2.05, 4.69) is 10.6 Å². The van der Waals surface area contributed by atoms with Crippen LogP contribution < -0.4 is 21.9 Å². The van der Waals surface area contributed by atoms with Crippen LogP contribution in [0.15, 0.2) is 82.4 Å². The molecule has 0 saturated heterocycles. The van der Waals surface area contributed by atoms with E-state index in [4.69, 9.17) is 0 Å². The molecule has 8 nitrogen and oxygen atoms in total. The van der Waals surface area contributed by atoms with E-state index in [1.807, 2.05) is 45.0 Å². The second-order valence-electron chi connectivity index (χ2n) is 9.52. The van der Waals surface area contributed by atoms with Crippen LogP contribution in [0.2, 0.25) is 0 Å². The van der Waals surface area contributed by atoms with Gasteiger partial charge in [0.15, 0.2) is 0 Å². The van der Waals surface area contributed by atoms with Gasteiger partial charge in [-0.1, -0.05) is 61.0 Å². The Balaban J connectivity index is 1.56. The van der Waals surface area contributed by atoms with Gasteiger partial charge in [0.1, 0.15) is 6.54 Å². The minimum atomic E-state index is -0.562. The molecule has 0 unspecified atom stereocenters. The Morgan fingerprint density at radius 1 is 0.868 bits per heavy atom. The number of carbonyl (C=O) groups excluding carboxylic acids is 2. The lowest BCUT2D eigenvalue weighted by atomic mass is 10.1. The summed E-state index contributed by atoms with van der Waals surface area (Å²) in [4.78, 5) is 51.8. The van der Waals surface area contributed by atoms with Crippen LogP contribution >= 0.6 is 0 Å². The van der Waals surface area contributed by atoms with Crippen molar-refractivity contribution < 1.29 is 9.59 Å². The molecule has 1 aromatic heterocycles. The Kier molecular flexibility index (Phi) is 8.21. The molecular formula is C30H32N4O4. The van der Waals surface area contributed by atoms with Crippen molar-refractivity contribution in [2.45, 2.75) is 52.9 Å². The largest absolute Gasteiger partial charge is 0.352 e. The molecule has 4 rings (SSSR count). The second kappa shape index (κ2) is 11.7. The number of aryl methyl sites for hydroxylation is 1. The molecule has 2 N–H and O–H groups in total. The Morgan fingerprint density at radius 2 is 1.53 bits per heavy atom. The second-order valence-corrected chi connectivity index (χ2v) is 9.52. The molecule has 3 aromatic carbocycles. The molecule has 196 valence electrons. The van der Waals surface area contributed by atoms with Crippen molar-refractivity contribution >= 4 is 22.7 Å². The average Bonchev–Trinajstić information content (AvgIpc) is 2.93. The summed E-state index contributed by atoms with van der Waals surface area (Å²) in [6.07, 6.45) is 0.765. The zero-order valence-corrected chi connectivity index (χ0v) is 21.9. The molecule has 4 aromatic rings. The number of carbonyl (C=O) groups is 2. The molecule has 1 heterocycles. The summed E-state index contributed by atoms with van der Waals surface area (Å²) < 4.78 is 2.46. The van der Waals surface area contributed by atoms with E-state index in [0.29, 0.717) is 28.6 Å². The number of hydrogen-bond acceptors (Lipinski definition) is 4. The van der Waals surface area contributed by atoms with Gasteiger partial charge in [0.05, 0.1) is 17.4 Å². The third kappa shape index (κ3) is 6.08. The first kappa shape index (κ1) is 26.6. The van der Waals surface area contributed by atoms with Crippen LogP contribution in [0.4, 0.5) is 0 Å². The molecular weight excluding hydrogens is 480 g/mol. The number of amides is 2. The van der Waals surface area contributed by atoms with Crippen LogP contribution in [-0.4, -0.2) is 27.0 Å². The minimum absolute atomic E-state index is 0.0146. The number of aromatic nitrogens is 2. The summed E-state index contributed by atoms with van der Waals surface area (Å²) in [6.45, 7) is 6.11. The van der Waals surface area contributed by atoms with Gasteiger partial charge in [0, 0.05) is 18.2 Å². The summed E-state index contributed by atoms with van der Waals surface area (Å²) in [5, 5.41) is 6.13. The van der Waals surface area contributed by atoms with E-state index in [-0.39, 0.29) is 30.9 Å². The van der Waals surface area contributed by atoms with Crippen molar-refractivity contribution in [3.05, 3.63) is 116 Å². The van der Waals surface area contributed by atoms with Gasteiger partial charge >= 0.3 is 5.69 Å². The van der Waals surface area contributed by atoms with Gasteiger partial charge in [-0.2, -0.15) is 0 Å². The Morgan fingerprint density at radius 3 is 2.21 bits per heavy atom. The van der Waals surface area contributed by atoms with E-state index in [0.717, 1.165) is 22.1 Å². The molecule has 0 fully saturated rings. The highest BCUT2D eigenvalue weighted by atomic mass is 16.2. The highest BCUT2D eigenvalue weighted by Crippen LogP contribution is 2.10. The van der Waals surface area contributed by atoms with Gasteiger partial charge in [-0.25, -0.2) is 4.79 Å². The lowest BCUT2D eigenvalue weighted by Gasteiger charge is -2.16. The van der Waals surface area contributed by atoms with Crippen LogP contribution in [0, 0.1) is 6.92 Å². The lowest BCUT2D eigenvalue weighted by molar-refractivity contribution is -0.122. The smallest absolute Gasteiger partial charge is 0.332 e. The van der Waals surface area contributed by atoms with Crippen LogP contribution in [0.25, 0.3) is 10.9 Å². The molecule has 38 heavy (non-hydrogen) atoms. The van der Waals surface area contributed by atoms with Gasteiger partial charge in [-0.3, -0.25) is 23.5 Å². The van der Waals surface area contributed by atoms with Crippen molar-refractivity contribution in [1.82, 2.24) is 19.8 Å². The number of nitrogens with zero attached hydrogens (tertiary/aromatic N) is 2. The fourth-order valence-electron chi connectivity index (χ4n) is 4.16. The molecule has 0 aliphatic carbocycles. The van der Waals surface area contributed by atoms with Gasteiger partial charge in [-0.15, -0.1) is 0 Å². The summed E-state index contributed by atoms with van der Waals surface area (Å²) in [5.41, 5.74) is 2.75. The number of nitrogens with one attached hydrogen (secondary N) is 2. The first-order valence-corrected chi connectivity index (χ1v) is 12.7. The monoisotopic (exact) mass is 512 g/mol. The Bertz CT molecular complexity index is 1570. The van der Waals surface area contributed by atoms with Crippen molar-refractivity contribution in [3.63, 3.8) is 0 Å². The zero-order valence-electron chi connectivity index (χ0n) is 21.9. The van der Waals surface area contributed by atoms with Crippen molar-refractivity contribution in [1.29, 1.82) is 0 Å². The van der Waals surface area contributed by atoms with E-state index in [9.17, 15) is 19.2 Å². The molecule has 0 saturated carbocycles. The first-order valence-electron chi connectivity index (χ1n) is 12.7. The van der Waals surface area contributed by atoms with Gasteiger partial charge in [0.25, 0.3) is 11.5 Å². The van der Waals surface area contributed by atoms with E-state index in [1.165, 1.54) is 4.57 Å². The number of rotatable bonds is 9. The quantitative estimate of drug-likeness (QED) is 0.359. The maximum absolute atomic E-state index is 13.4. The summed E-state index contributed by atoms with van der Waals surface area (Å²) in [5.74, 6) is -0.507. The van der Waals surface area contributed by atoms with Crippen LogP contribution in [0.5, 0.6) is 0 Å². The zero-order chi connectivity index (χ0) is 27.2. The minimum Gasteiger partial charge on any atom is -0.352 e. The SMILES string of the molecule is CC[C@@H](C)NC(=O)Cn1c(=O)n(Cc2ccc(C(=O)NCc3ccc(C)cc3)cc2)c(=O)c2ccccc21. The fourth-order valence-corrected chi connectivity index (χ4v) is 4.16. The molecule has 8 heteroatoms.